The molecule has 0 aliphatic rings. The van der Waals surface area contributed by atoms with E-state index in [4.69, 9.17) is 9.47 Å². The number of nitrogens with one attached hydrogen (secondary N) is 2. The molecule has 3 aromatic rings. The molecule has 0 aliphatic heterocycles. The Morgan fingerprint density at radius 3 is 2.55 bits per heavy atom. The lowest BCUT2D eigenvalue weighted by Crippen LogP contribution is -2.17. The number of amides is 2. The van der Waals surface area contributed by atoms with Crippen LogP contribution in [-0.2, 0) is 9.47 Å². The number of hydrogen-bond donors (Lipinski definition) is 2. The minimum atomic E-state index is -0.642. The van der Waals surface area contributed by atoms with Crippen molar-refractivity contribution in [2.75, 3.05) is 31.0 Å². The molecule has 0 fully saturated rings. The maximum atomic E-state index is 12.5. The second-order valence-electron chi connectivity index (χ2n) is 6.21. The second-order valence-corrected chi connectivity index (χ2v) is 6.21. The van der Waals surface area contributed by atoms with E-state index >= 15 is 0 Å². The normalized spacial score (nSPS) is 10.4. The van der Waals surface area contributed by atoms with Crippen LogP contribution in [0.1, 0.15) is 10.5 Å². The highest BCUT2D eigenvalue weighted by Crippen LogP contribution is 2.18. The van der Waals surface area contributed by atoms with Crippen LogP contribution in [0.2, 0.25) is 0 Å². The Balaban J connectivity index is 1.65. The number of ether oxygens (including phenoxy) is 2. The van der Waals surface area contributed by atoms with E-state index < -0.39 is 16.9 Å². The van der Waals surface area contributed by atoms with Crippen molar-refractivity contribution in [3.63, 3.8) is 0 Å². The van der Waals surface area contributed by atoms with Crippen LogP contribution in [0.15, 0.2) is 60.8 Å². The van der Waals surface area contributed by atoms with Crippen LogP contribution in [-0.4, -0.2) is 47.0 Å². The fourth-order valence-electron chi connectivity index (χ4n) is 2.58. The van der Waals surface area contributed by atoms with Crippen LogP contribution >= 0.6 is 0 Å². The maximum absolute atomic E-state index is 12.5. The zero-order valence-electron chi connectivity index (χ0n) is 16.5. The van der Waals surface area contributed by atoms with Gasteiger partial charge < -0.3 is 14.8 Å². The summed E-state index contributed by atoms with van der Waals surface area (Å²) in [7, 11) is 1.50. The van der Waals surface area contributed by atoms with Crippen LogP contribution in [0.3, 0.4) is 0 Å². The van der Waals surface area contributed by atoms with Crippen molar-refractivity contribution >= 4 is 29.1 Å². The predicted molar refractivity (Wildman–Crippen MR) is 111 cm³/mol. The number of hydrogen-bond acceptors (Lipinski definition) is 7. The first-order valence-electron chi connectivity index (χ1n) is 9.11. The van der Waals surface area contributed by atoms with Gasteiger partial charge in [0.05, 0.1) is 17.2 Å². The lowest BCUT2D eigenvalue weighted by Gasteiger charge is -2.09. The maximum Gasteiger partial charge on any atom is 0.411 e. The van der Waals surface area contributed by atoms with Gasteiger partial charge in [-0.3, -0.25) is 20.2 Å². The van der Waals surface area contributed by atoms with E-state index in [-0.39, 0.29) is 24.6 Å². The molecule has 1 heterocycles. The molecule has 0 aliphatic carbocycles. The molecule has 11 nitrogen and oxygen atoms in total. The molecular weight excluding hydrogens is 406 g/mol. The molecule has 0 spiro atoms. The second kappa shape index (κ2) is 9.98. The van der Waals surface area contributed by atoms with E-state index in [1.165, 1.54) is 42.3 Å². The summed E-state index contributed by atoms with van der Waals surface area (Å²) in [5.74, 6) is -0.482. The third-order valence-electron chi connectivity index (χ3n) is 4.01. The Bertz CT molecular complexity index is 1100. The topological polar surface area (TPSA) is 138 Å². The molecule has 0 saturated carbocycles. The number of nitro groups is 1. The number of carbonyl (C=O) groups excluding carboxylic acids is 2. The molecule has 2 aromatic carbocycles. The van der Waals surface area contributed by atoms with Crippen LogP contribution < -0.4 is 10.6 Å². The van der Waals surface area contributed by atoms with E-state index in [1.807, 2.05) is 0 Å². The lowest BCUT2D eigenvalue weighted by atomic mass is 10.2. The van der Waals surface area contributed by atoms with Gasteiger partial charge in [0.1, 0.15) is 6.61 Å². The number of carbonyl (C=O) groups is 2. The third kappa shape index (κ3) is 5.87. The van der Waals surface area contributed by atoms with Crippen molar-refractivity contribution < 1.29 is 24.0 Å². The summed E-state index contributed by atoms with van der Waals surface area (Å²) >= 11 is 0. The van der Waals surface area contributed by atoms with Gasteiger partial charge in [-0.1, -0.05) is 12.1 Å². The highest BCUT2D eigenvalue weighted by atomic mass is 16.6. The van der Waals surface area contributed by atoms with Gasteiger partial charge in [0.25, 0.3) is 11.6 Å². The molecule has 2 N–H and O–H groups in total. The van der Waals surface area contributed by atoms with E-state index in [0.717, 1.165) is 0 Å². The van der Waals surface area contributed by atoms with Crippen molar-refractivity contribution in [2.24, 2.45) is 0 Å². The number of anilines is 2. The molecule has 0 radical (unpaired) electrons. The molecule has 2 amide bonds. The highest BCUT2D eigenvalue weighted by molar-refractivity contribution is 6.03. The zero-order valence-corrected chi connectivity index (χ0v) is 16.5. The van der Waals surface area contributed by atoms with Crippen LogP contribution in [0, 0.1) is 10.1 Å². The van der Waals surface area contributed by atoms with Gasteiger partial charge in [0.2, 0.25) is 0 Å². The first-order valence-corrected chi connectivity index (χ1v) is 9.11. The number of non-ortho nitro benzene ring substituents is 1. The van der Waals surface area contributed by atoms with Gasteiger partial charge >= 0.3 is 6.09 Å². The van der Waals surface area contributed by atoms with Gasteiger partial charge in [-0.25, -0.2) is 9.48 Å². The molecule has 160 valence electrons. The smallest absolute Gasteiger partial charge is 0.411 e. The van der Waals surface area contributed by atoms with Gasteiger partial charge in [-0.2, -0.15) is 5.10 Å². The Hall–Kier alpha value is -4.25. The molecule has 0 unspecified atom stereocenters. The zero-order chi connectivity index (χ0) is 22.2. The Kier molecular flexibility index (Phi) is 6.91. The summed E-state index contributed by atoms with van der Waals surface area (Å²) in [5.41, 5.74) is 1.35. The van der Waals surface area contributed by atoms with E-state index in [1.54, 1.807) is 30.3 Å². The average Bonchev–Trinajstić information content (AvgIpc) is 3.25. The number of aromatic nitrogens is 2. The molecule has 11 heteroatoms. The van der Waals surface area contributed by atoms with Gasteiger partial charge in [-0.05, 0) is 30.3 Å². The fraction of sp³-hybridized carbons (Fsp3) is 0.150. The molecule has 0 atom stereocenters. The third-order valence-corrected chi connectivity index (χ3v) is 4.01. The molecule has 0 saturated heterocycles. The van der Waals surface area contributed by atoms with E-state index in [0.29, 0.717) is 17.1 Å². The number of nitro benzene ring substituents is 1. The predicted octanol–water partition coefficient (Wildman–Crippen LogP) is 3.23. The summed E-state index contributed by atoms with van der Waals surface area (Å²) in [6.45, 7) is 0.401. The average molecular weight is 425 g/mol. The monoisotopic (exact) mass is 425 g/mol. The summed E-state index contributed by atoms with van der Waals surface area (Å²) in [6.07, 6.45) is 0.887. The van der Waals surface area contributed by atoms with Crippen molar-refractivity contribution in [1.82, 2.24) is 9.78 Å². The largest absolute Gasteiger partial charge is 0.447 e. The summed E-state index contributed by atoms with van der Waals surface area (Å²) in [4.78, 5) is 34.7. The summed E-state index contributed by atoms with van der Waals surface area (Å²) < 4.78 is 11.1. The summed E-state index contributed by atoms with van der Waals surface area (Å²) in [5, 5.41) is 20.3. The van der Waals surface area contributed by atoms with Crippen molar-refractivity contribution in [3.05, 3.63) is 76.6 Å². The molecule has 31 heavy (non-hydrogen) atoms. The standard InChI is InChI=1S/C20H19N5O6/c1-30-10-11-31-20(27)22-15-5-2-4-14(12-15)21-19(26)18-8-9-24(23-18)16-6-3-7-17(13-16)25(28)29/h2-9,12-13H,10-11H2,1H3,(H,21,26)(H,22,27). The molecule has 3 rings (SSSR count). The number of nitrogens with zero attached hydrogens (tertiary/aromatic N) is 3. The van der Waals surface area contributed by atoms with Gasteiger partial charge in [0.15, 0.2) is 5.69 Å². The SMILES string of the molecule is COCCOC(=O)Nc1cccc(NC(=O)c2ccn(-c3cccc([N+](=O)[O-])c3)n2)c1. The number of benzene rings is 2. The first kappa shape index (κ1) is 21.5. The Morgan fingerprint density at radius 1 is 1.06 bits per heavy atom. The first-order chi connectivity index (χ1) is 15.0. The molecule has 1 aromatic heterocycles. The summed E-state index contributed by atoms with van der Waals surface area (Å²) in [6, 6.07) is 13.9. The van der Waals surface area contributed by atoms with Gasteiger partial charge in [0, 0.05) is 36.8 Å². The Morgan fingerprint density at radius 2 is 1.81 bits per heavy atom. The van der Waals surface area contributed by atoms with Crippen molar-refractivity contribution in [1.29, 1.82) is 0 Å². The Labute approximate surface area is 176 Å². The van der Waals surface area contributed by atoms with Crippen molar-refractivity contribution in [3.8, 4) is 5.69 Å². The van der Waals surface area contributed by atoms with Crippen LogP contribution in [0.5, 0.6) is 0 Å². The minimum Gasteiger partial charge on any atom is -0.447 e. The molecule has 0 bridgehead atoms. The lowest BCUT2D eigenvalue weighted by molar-refractivity contribution is -0.384. The van der Waals surface area contributed by atoms with Crippen LogP contribution in [0.4, 0.5) is 21.9 Å². The number of methoxy groups -OCH3 is 1. The molecular formula is C20H19N5O6. The van der Waals surface area contributed by atoms with Crippen molar-refractivity contribution in [2.45, 2.75) is 0 Å². The minimum absolute atomic E-state index is 0.0796. The highest BCUT2D eigenvalue weighted by Gasteiger charge is 2.13. The van der Waals surface area contributed by atoms with Gasteiger partial charge in [-0.15, -0.1) is 0 Å². The van der Waals surface area contributed by atoms with E-state index in [2.05, 4.69) is 15.7 Å². The van der Waals surface area contributed by atoms with E-state index in [9.17, 15) is 19.7 Å². The van der Waals surface area contributed by atoms with Crippen LogP contribution in [0.25, 0.3) is 5.69 Å². The fourth-order valence-corrected chi connectivity index (χ4v) is 2.58. The quantitative estimate of drug-likeness (QED) is 0.321. The number of rotatable bonds is 8.